The molecular weight excluding hydrogens is 333 g/mol. The van der Waals surface area contributed by atoms with Crippen molar-refractivity contribution in [3.05, 3.63) is 29.1 Å². The zero-order valence-corrected chi connectivity index (χ0v) is 13.8. The summed E-state index contributed by atoms with van der Waals surface area (Å²) in [6, 6.07) is 1.92. The molecular formula is C16H20FN3O5. The van der Waals surface area contributed by atoms with E-state index in [2.05, 4.69) is 0 Å². The predicted molar refractivity (Wildman–Crippen MR) is 83.9 cm³/mol. The molecule has 0 aliphatic carbocycles. The fraction of sp³-hybridized carbons (Fsp3) is 0.500. The average molecular weight is 353 g/mol. The summed E-state index contributed by atoms with van der Waals surface area (Å²) in [6.07, 6.45) is 0. The van der Waals surface area contributed by atoms with Crippen LogP contribution in [-0.4, -0.2) is 65.9 Å². The van der Waals surface area contributed by atoms with Crippen molar-refractivity contribution < 1.29 is 28.7 Å². The molecule has 0 unspecified atom stereocenters. The van der Waals surface area contributed by atoms with Gasteiger partial charge in [0.1, 0.15) is 18.2 Å². The van der Waals surface area contributed by atoms with E-state index in [1.807, 2.05) is 6.92 Å². The Morgan fingerprint density at radius 1 is 1.32 bits per heavy atom. The number of hydrogen-bond donors (Lipinski definition) is 2. The number of hydrogen-bond acceptors (Lipinski definition) is 5. The van der Waals surface area contributed by atoms with E-state index in [4.69, 9.17) is 14.7 Å². The first kappa shape index (κ1) is 17.4. The number of nitrogens with one attached hydrogen (secondary N) is 1. The van der Waals surface area contributed by atoms with Crippen molar-refractivity contribution >= 4 is 11.9 Å². The number of halogens is 1. The Morgan fingerprint density at radius 3 is 2.72 bits per heavy atom. The summed E-state index contributed by atoms with van der Waals surface area (Å²) in [5.74, 6) is -1.29. The van der Waals surface area contributed by atoms with Crippen LogP contribution in [0.4, 0.5) is 9.18 Å². The zero-order chi connectivity index (χ0) is 18.0. The first-order valence-electron chi connectivity index (χ1n) is 8.04. The minimum absolute atomic E-state index is 0.0412. The van der Waals surface area contributed by atoms with Gasteiger partial charge in [0.05, 0.1) is 25.8 Å². The molecule has 3 amide bonds. The third kappa shape index (κ3) is 3.52. The van der Waals surface area contributed by atoms with E-state index in [0.29, 0.717) is 26.3 Å². The maximum Gasteiger partial charge on any atom is 0.320 e. The fourth-order valence-corrected chi connectivity index (χ4v) is 2.91. The number of urea groups is 1. The van der Waals surface area contributed by atoms with Gasteiger partial charge in [0, 0.05) is 24.2 Å². The Balaban J connectivity index is 1.87. The van der Waals surface area contributed by atoms with Crippen LogP contribution in [0.2, 0.25) is 0 Å². The van der Waals surface area contributed by atoms with Crippen LogP contribution in [0.25, 0.3) is 0 Å². The van der Waals surface area contributed by atoms with Gasteiger partial charge in [-0.25, -0.2) is 14.7 Å². The van der Waals surface area contributed by atoms with Crippen LogP contribution in [0.5, 0.6) is 5.75 Å². The molecule has 1 aromatic carbocycles. The lowest BCUT2D eigenvalue weighted by atomic mass is 10.1. The molecule has 1 atom stereocenters. The molecule has 25 heavy (non-hydrogen) atoms. The topological polar surface area (TPSA) is 91.3 Å². The van der Waals surface area contributed by atoms with Gasteiger partial charge in [-0.15, -0.1) is 0 Å². The SMILES string of the molecule is C[C@H]1COc2cc(C(=O)NO)cc(F)c2CN1C(=O)N1CCOCC1. The molecule has 2 aliphatic rings. The second-order valence-electron chi connectivity index (χ2n) is 6.05. The molecule has 1 saturated heterocycles. The van der Waals surface area contributed by atoms with Gasteiger partial charge in [-0.2, -0.15) is 0 Å². The van der Waals surface area contributed by atoms with E-state index < -0.39 is 11.7 Å². The van der Waals surface area contributed by atoms with Crippen molar-refractivity contribution in [2.24, 2.45) is 0 Å². The minimum atomic E-state index is -0.830. The van der Waals surface area contributed by atoms with Gasteiger partial charge in [-0.05, 0) is 19.1 Å². The Hall–Kier alpha value is -2.39. The van der Waals surface area contributed by atoms with E-state index in [1.54, 1.807) is 9.80 Å². The maximum atomic E-state index is 14.5. The van der Waals surface area contributed by atoms with Crippen LogP contribution in [0, 0.1) is 5.82 Å². The van der Waals surface area contributed by atoms with Crippen LogP contribution < -0.4 is 10.2 Å². The first-order chi connectivity index (χ1) is 12.0. The third-order valence-corrected chi connectivity index (χ3v) is 4.39. The summed E-state index contributed by atoms with van der Waals surface area (Å²) in [4.78, 5) is 27.5. The van der Waals surface area contributed by atoms with E-state index in [9.17, 15) is 14.0 Å². The summed E-state index contributed by atoms with van der Waals surface area (Å²) in [7, 11) is 0. The summed E-state index contributed by atoms with van der Waals surface area (Å²) in [6.45, 7) is 3.99. The number of amides is 3. The van der Waals surface area contributed by atoms with Crippen molar-refractivity contribution in [3.8, 4) is 5.75 Å². The fourth-order valence-electron chi connectivity index (χ4n) is 2.91. The van der Waals surface area contributed by atoms with Crippen molar-refractivity contribution in [3.63, 3.8) is 0 Å². The molecule has 0 spiro atoms. The van der Waals surface area contributed by atoms with Crippen molar-refractivity contribution in [1.29, 1.82) is 0 Å². The number of nitrogens with zero attached hydrogens (tertiary/aromatic N) is 2. The molecule has 0 radical (unpaired) electrons. The van der Waals surface area contributed by atoms with Crippen molar-refractivity contribution in [2.45, 2.75) is 19.5 Å². The van der Waals surface area contributed by atoms with Crippen LogP contribution in [-0.2, 0) is 11.3 Å². The molecule has 3 rings (SSSR count). The second-order valence-corrected chi connectivity index (χ2v) is 6.05. The molecule has 136 valence electrons. The Labute approximate surface area is 144 Å². The van der Waals surface area contributed by atoms with Crippen LogP contribution >= 0.6 is 0 Å². The number of ether oxygens (including phenoxy) is 2. The number of carbonyl (C=O) groups excluding carboxylic acids is 2. The Bertz CT molecular complexity index is 678. The summed E-state index contributed by atoms with van der Waals surface area (Å²) in [5, 5.41) is 8.71. The Morgan fingerprint density at radius 2 is 2.04 bits per heavy atom. The third-order valence-electron chi connectivity index (χ3n) is 4.39. The standard InChI is InChI=1S/C16H20FN3O5/c1-10-9-25-14-7-11(15(21)18-23)6-13(17)12(14)8-20(10)16(22)19-2-4-24-5-3-19/h6-7,10,23H,2-5,8-9H2,1H3,(H,18,21)/t10-/m0/s1. The van der Waals surface area contributed by atoms with Crippen LogP contribution in [0.1, 0.15) is 22.8 Å². The minimum Gasteiger partial charge on any atom is -0.491 e. The number of rotatable bonds is 1. The molecule has 1 aromatic rings. The molecule has 2 N–H and O–H groups in total. The molecule has 1 fully saturated rings. The van der Waals surface area contributed by atoms with Gasteiger partial charge in [-0.3, -0.25) is 10.0 Å². The summed E-state index contributed by atoms with van der Waals surface area (Å²) < 4.78 is 25.4. The number of carbonyl (C=O) groups is 2. The van der Waals surface area contributed by atoms with Crippen molar-refractivity contribution in [1.82, 2.24) is 15.3 Å². The van der Waals surface area contributed by atoms with E-state index >= 15 is 0 Å². The Kier molecular flexibility index (Phi) is 5.05. The highest BCUT2D eigenvalue weighted by Gasteiger charge is 2.31. The molecule has 0 aromatic heterocycles. The van der Waals surface area contributed by atoms with Gasteiger partial charge in [0.15, 0.2) is 0 Å². The highest BCUT2D eigenvalue weighted by atomic mass is 19.1. The molecule has 0 saturated carbocycles. The van der Waals surface area contributed by atoms with Gasteiger partial charge in [0.25, 0.3) is 5.91 Å². The zero-order valence-electron chi connectivity index (χ0n) is 13.8. The van der Waals surface area contributed by atoms with Gasteiger partial charge in [-0.1, -0.05) is 0 Å². The van der Waals surface area contributed by atoms with E-state index in [0.717, 1.165) is 6.07 Å². The highest BCUT2D eigenvalue weighted by molar-refractivity contribution is 5.94. The quantitative estimate of drug-likeness (QED) is 0.580. The largest absolute Gasteiger partial charge is 0.491 e. The van der Waals surface area contributed by atoms with E-state index in [1.165, 1.54) is 11.5 Å². The molecule has 0 bridgehead atoms. The summed E-state index contributed by atoms with van der Waals surface area (Å²) >= 11 is 0. The predicted octanol–water partition coefficient (Wildman–Crippen LogP) is 0.980. The van der Waals surface area contributed by atoms with Gasteiger partial charge >= 0.3 is 6.03 Å². The number of fused-ring (bicyclic) bond motifs is 1. The smallest absolute Gasteiger partial charge is 0.320 e. The summed E-state index contributed by atoms with van der Waals surface area (Å²) in [5.41, 5.74) is 1.62. The molecule has 9 heteroatoms. The first-order valence-corrected chi connectivity index (χ1v) is 8.04. The maximum absolute atomic E-state index is 14.5. The number of benzene rings is 1. The molecule has 2 heterocycles. The lowest BCUT2D eigenvalue weighted by Gasteiger charge is -2.34. The lowest BCUT2D eigenvalue weighted by Crippen LogP contribution is -2.51. The number of morpholine rings is 1. The van der Waals surface area contributed by atoms with Gasteiger partial charge in [0.2, 0.25) is 0 Å². The highest BCUT2D eigenvalue weighted by Crippen LogP contribution is 2.30. The van der Waals surface area contributed by atoms with E-state index in [-0.39, 0.29) is 42.1 Å². The molecule has 2 aliphatic heterocycles. The molecule has 8 nitrogen and oxygen atoms in total. The second kappa shape index (κ2) is 7.24. The van der Waals surface area contributed by atoms with Crippen LogP contribution in [0.15, 0.2) is 12.1 Å². The van der Waals surface area contributed by atoms with Crippen LogP contribution in [0.3, 0.4) is 0 Å². The average Bonchev–Trinajstić information content (AvgIpc) is 2.80. The van der Waals surface area contributed by atoms with Crippen molar-refractivity contribution in [2.75, 3.05) is 32.9 Å². The monoisotopic (exact) mass is 353 g/mol. The lowest BCUT2D eigenvalue weighted by molar-refractivity contribution is 0.0374. The van der Waals surface area contributed by atoms with Gasteiger partial charge < -0.3 is 19.3 Å². The number of hydroxylamine groups is 1. The normalized spacial score (nSPS) is 20.4.